The molecule has 0 aliphatic carbocycles. The number of alkyl halides is 1. The van der Waals surface area contributed by atoms with Crippen molar-refractivity contribution in [1.29, 1.82) is 0 Å². The average Bonchev–Trinajstić information content (AvgIpc) is 2.08. The largest absolute Gasteiger partial charge is 0.476 e. The molecule has 1 aromatic rings. The Hall–Kier alpha value is -1.36. The van der Waals surface area contributed by atoms with E-state index in [2.05, 4.69) is 4.98 Å². The molecular formula is C8H8ClFN2O2. The van der Waals surface area contributed by atoms with Crippen molar-refractivity contribution in [2.45, 2.75) is 13.1 Å². The summed E-state index contributed by atoms with van der Waals surface area (Å²) in [7, 11) is 0. The van der Waals surface area contributed by atoms with Crippen LogP contribution in [0.5, 0.6) is 0 Å². The van der Waals surface area contributed by atoms with E-state index in [4.69, 9.17) is 22.4 Å². The quantitative estimate of drug-likeness (QED) is 0.797. The van der Waals surface area contributed by atoms with Gasteiger partial charge in [-0.05, 0) is 13.0 Å². The number of hydrogen-bond donors (Lipinski definition) is 2. The molecule has 0 aromatic carbocycles. The van der Waals surface area contributed by atoms with Crippen LogP contribution in [0.2, 0.25) is 5.02 Å². The zero-order valence-corrected chi connectivity index (χ0v) is 8.05. The number of carbonyl (C=O) groups is 1. The first-order chi connectivity index (χ1) is 6.43. The lowest BCUT2D eigenvalue weighted by molar-refractivity contribution is 0.0690. The predicted molar refractivity (Wildman–Crippen MR) is 50.1 cm³/mol. The Kier molecular flexibility index (Phi) is 2.90. The molecule has 0 radical (unpaired) electrons. The highest BCUT2D eigenvalue weighted by Crippen LogP contribution is 2.26. The molecule has 1 aromatic heterocycles. The minimum absolute atomic E-state index is 0.0126. The van der Waals surface area contributed by atoms with Gasteiger partial charge >= 0.3 is 5.97 Å². The van der Waals surface area contributed by atoms with E-state index in [1.807, 2.05) is 0 Å². The van der Waals surface area contributed by atoms with Gasteiger partial charge in [0.05, 0.1) is 16.4 Å². The Morgan fingerprint density at radius 3 is 2.79 bits per heavy atom. The second-order valence-corrected chi connectivity index (χ2v) is 3.10. The number of nitrogens with two attached hydrogens (primary N) is 1. The van der Waals surface area contributed by atoms with Crippen LogP contribution in [0.3, 0.4) is 0 Å². The van der Waals surface area contributed by atoms with E-state index in [0.717, 1.165) is 0 Å². The van der Waals surface area contributed by atoms with Crippen LogP contribution in [0.15, 0.2) is 6.07 Å². The zero-order valence-electron chi connectivity index (χ0n) is 7.29. The number of hydrogen-bond acceptors (Lipinski definition) is 3. The van der Waals surface area contributed by atoms with Crippen molar-refractivity contribution in [1.82, 2.24) is 4.98 Å². The standard InChI is InChI=1S/C8H8ClFN2O2/c1-3(10)5-2-4(11)6(9)7(12-5)8(13)14/h2-3H,1H3,(H2,11,12)(H,13,14). The molecule has 0 aliphatic heterocycles. The maximum Gasteiger partial charge on any atom is 0.356 e. The Morgan fingerprint density at radius 2 is 2.36 bits per heavy atom. The third kappa shape index (κ3) is 1.93. The fraction of sp³-hybridized carbons (Fsp3) is 0.250. The summed E-state index contributed by atoms with van der Waals surface area (Å²) in [5.41, 5.74) is 4.95. The first-order valence-corrected chi connectivity index (χ1v) is 4.14. The van der Waals surface area contributed by atoms with Gasteiger partial charge in [-0.25, -0.2) is 14.2 Å². The summed E-state index contributed by atoms with van der Waals surface area (Å²) in [5.74, 6) is -1.33. The molecule has 0 fully saturated rings. The van der Waals surface area contributed by atoms with Crippen LogP contribution in [0.25, 0.3) is 0 Å². The average molecular weight is 219 g/mol. The fourth-order valence-electron chi connectivity index (χ4n) is 0.915. The molecule has 0 saturated heterocycles. The summed E-state index contributed by atoms with van der Waals surface area (Å²) in [6.07, 6.45) is -1.38. The lowest BCUT2D eigenvalue weighted by Crippen LogP contribution is -2.07. The number of anilines is 1. The molecule has 1 rings (SSSR count). The van der Waals surface area contributed by atoms with Crippen LogP contribution in [0.1, 0.15) is 29.3 Å². The van der Waals surface area contributed by atoms with Crippen LogP contribution in [0.4, 0.5) is 10.1 Å². The second kappa shape index (κ2) is 3.79. The number of aromatic carboxylic acids is 1. The second-order valence-electron chi connectivity index (χ2n) is 2.72. The number of nitrogens with zero attached hydrogens (tertiary/aromatic N) is 1. The van der Waals surface area contributed by atoms with E-state index in [9.17, 15) is 9.18 Å². The van der Waals surface area contributed by atoms with Crippen molar-refractivity contribution in [3.63, 3.8) is 0 Å². The van der Waals surface area contributed by atoms with E-state index in [-0.39, 0.29) is 16.4 Å². The predicted octanol–water partition coefficient (Wildman–Crippen LogP) is 2.05. The maximum absolute atomic E-state index is 12.8. The molecular weight excluding hydrogens is 211 g/mol. The number of halogens is 2. The Labute approximate surface area is 84.5 Å². The lowest BCUT2D eigenvalue weighted by Gasteiger charge is -2.06. The monoisotopic (exact) mass is 218 g/mol. The highest BCUT2D eigenvalue weighted by molar-refractivity contribution is 6.35. The third-order valence-electron chi connectivity index (χ3n) is 1.62. The topological polar surface area (TPSA) is 76.2 Å². The first-order valence-electron chi connectivity index (χ1n) is 3.76. The molecule has 3 N–H and O–H groups in total. The molecule has 0 saturated carbocycles. The summed E-state index contributed by atoms with van der Waals surface area (Å²) < 4.78 is 12.8. The Bertz CT molecular complexity index is 382. The number of carboxylic acids is 1. The van der Waals surface area contributed by atoms with Crippen molar-refractivity contribution in [3.05, 3.63) is 22.5 Å². The summed E-state index contributed by atoms with van der Waals surface area (Å²) in [6, 6.07) is 1.22. The van der Waals surface area contributed by atoms with Crippen LogP contribution in [-0.2, 0) is 0 Å². The number of rotatable bonds is 2. The molecule has 76 valence electrons. The SMILES string of the molecule is CC(F)c1cc(N)c(Cl)c(C(=O)O)n1. The minimum atomic E-state index is -1.38. The van der Waals surface area contributed by atoms with Crippen molar-refractivity contribution >= 4 is 23.3 Å². The number of aromatic nitrogens is 1. The lowest BCUT2D eigenvalue weighted by atomic mass is 10.2. The molecule has 1 unspecified atom stereocenters. The normalized spacial score (nSPS) is 12.5. The van der Waals surface area contributed by atoms with Gasteiger partial charge in [0, 0.05) is 0 Å². The maximum atomic E-state index is 12.8. The van der Waals surface area contributed by atoms with Gasteiger partial charge in [0.2, 0.25) is 0 Å². The molecule has 1 atom stereocenters. The van der Waals surface area contributed by atoms with Crippen molar-refractivity contribution < 1.29 is 14.3 Å². The number of nitrogen functional groups attached to an aromatic ring is 1. The van der Waals surface area contributed by atoms with E-state index in [1.54, 1.807) is 0 Å². The minimum Gasteiger partial charge on any atom is -0.476 e. The molecule has 1 heterocycles. The summed E-state index contributed by atoms with van der Waals surface area (Å²) in [5, 5.41) is 8.51. The van der Waals surface area contributed by atoms with E-state index in [0.29, 0.717) is 0 Å². The molecule has 0 amide bonds. The van der Waals surface area contributed by atoms with Gasteiger partial charge in [-0.1, -0.05) is 11.6 Å². The third-order valence-corrected chi connectivity index (χ3v) is 2.01. The van der Waals surface area contributed by atoms with Crippen LogP contribution in [-0.4, -0.2) is 16.1 Å². The molecule has 6 heteroatoms. The Morgan fingerprint density at radius 1 is 1.79 bits per heavy atom. The van der Waals surface area contributed by atoms with Gasteiger partial charge in [-0.3, -0.25) is 0 Å². The highest BCUT2D eigenvalue weighted by Gasteiger charge is 2.17. The zero-order chi connectivity index (χ0) is 10.9. The molecule has 0 spiro atoms. The number of carboxylic acid groups (broad SMARTS) is 1. The van der Waals surface area contributed by atoms with Crippen molar-refractivity contribution in [3.8, 4) is 0 Å². The van der Waals surface area contributed by atoms with Crippen LogP contribution < -0.4 is 5.73 Å². The molecule has 14 heavy (non-hydrogen) atoms. The fourth-order valence-corrected chi connectivity index (χ4v) is 1.09. The highest BCUT2D eigenvalue weighted by atomic mass is 35.5. The van der Waals surface area contributed by atoms with Crippen molar-refractivity contribution in [2.24, 2.45) is 0 Å². The van der Waals surface area contributed by atoms with E-state index in [1.165, 1.54) is 13.0 Å². The number of pyridine rings is 1. The Balaban J connectivity index is 3.35. The van der Waals surface area contributed by atoms with Gasteiger partial charge < -0.3 is 10.8 Å². The van der Waals surface area contributed by atoms with E-state index >= 15 is 0 Å². The smallest absolute Gasteiger partial charge is 0.356 e. The summed E-state index contributed by atoms with van der Waals surface area (Å²) in [6.45, 7) is 1.24. The summed E-state index contributed by atoms with van der Waals surface area (Å²) >= 11 is 5.57. The van der Waals surface area contributed by atoms with Crippen LogP contribution in [0, 0.1) is 0 Å². The van der Waals surface area contributed by atoms with Crippen molar-refractivity contribution in [2.75, 3.05) is 5.73 Å². The van der Waals surface area contributed by atoms with Crippen LogP contribution >= 0.6 is 11.6 Å². The summed E-state index contributed by atoms with van der Waals surface area (Å²) in [4.78, 5) is 14.2. The van der Waals surface area contributed by atoms with Gasteiger partial charge in [-0.2, -0.15) is 0 Å². The molecule has 0 bridgehead atoms. The van der Waals surface area contributed by atoms with Gasteiger partial charge in [-0.15, -0.1) is 0 Å². The van der Waals surface area contributed by atoms with Gasteiger partial charge in [0.25, 0.3) is 0 Å². The van der Waals surface area contributed by atoms with Gasteiger partial charge in [0.1, 0.15) is 6.17 Å². The van der Waals surface area contributed by atoms with E-state index < -0.39 is 17.8 Å². The van der Waals surface area contributed by atoms with Gasteiger partial charge in [0.15, 0.2) is 5.69 Å². The molecule has 4 nitrogen and oxygen atoms in total. The molecule has 0 aliphatic rings. The first kappa shape index (κ1) is 10.7.